The molecule has 4 aromatic rings. The van der Waals surface area contributed by atoms with Gasteiger partial charge in [0.05, 0.1) is 20.5 Å². The molecule has 0 atom stereocenters. The first kappa shape index (κ1) is 17.9. The summed E-state index contributed by atoms with van der Waals surface area (Å²) in [5.41, 5.74) is 1.79. The first-order valence-corrected chi connectivity index (χ1v) is 8.48. The van der Waals surface area contributed by atoms with Crippen molar-refractivity contribution in [3.63, 3.8) is 0 Å². The lowest BCUT2D eigenvalue weighted by Gasteiger charge is -1.99. The van der Waals surface area contributed by atoms with Gasteiger partial charge in [-0.2, -0.15) is 0 Å². The number of hydrogen-bond donors (Lipinski definition) is 0. The van der Waals surface area contributed by atoms with Crippen LogP contribution in [0.5, 0.6) is 0 Å². The van der Waals surface area contributed by atoms with E-state index in [-0.39, 0.29) is 11.4 Å². The highest BCUT2D eigenvalue weighted by molar-refractivity contribution is 5.53. The number of rotatable bonds is 5. The highest BCUT2D eigenvalue weighted by atomic mass is 16.6. The first-order valence-electron chi connectivity index (χ1n) is 8.48. The molecule has 10 nitrogen and oxygen atoms in total. The molecule has 10 heteroatoms. The number of tetrazole rings is 1. The monoisotopic (exact) mass is 389 g/mol. The molecule has 0 amide bonds. The fraction of sp³-hybridized carbons (Fsp3) is 0. The zero-order valence-electron chi connectivity index (χ0n) is 14.8. The minimum absolute atomic E-state index is 0.0426. The molecule has 0 unspecified atom stereocenters. The third-order valence-electron chi connectivity index (χ3n) is 4.17. The molecule has 29 heavy (non-hydrogen) atoms. The van der Waals surface area contributed by atoms with Crippen LogP contribution in [0.25, 0.3) is 22.8 Å². The molecule has 0 saturated heterocycles. The predicted molar refractivity (Wildman–Crippen MR) is 102 cm³/mol. The second-order valence-electron chi connectivity index (χ2n) is 6.02. The summed E-state index contributed by atoms with van der Waals surface area (Å²) in [5.74, 6) is 0.433. The van der Waals surface area contributed by atoms with Crippen molar-refractivity contribution in [1.29, 1.82) is 0 Å². The van der Waals surface area contributed by atoms with Crippen molar-refractivity contribution in [2.24, 2.45) is 0 Å². The van der Waals surface area contributed by atoms with Crippen molar-refractivity contribution in [1.82, 2.24) is 15.0 Å². The van der Waals surface area contributed by atoms with E-state index in [2.05, 4.69) is 10.2 Å². The van der Waals surface area contributed by atoms with Gasteiger partial charge < -0.3 is 0 Å². The normalized spacial score (nSPS) is 10.6. The molecule has 0 radical (unpaired) electrons. The van der Waals surface area contributed by atoms with Crippen molar-refractivity contribution in [3.8, 4) is 22.8 Å². The molecule has 4 rings (SSSR count). The van der Waals surface area contributed by atoms with Crippen LogP contribution in [0, 0.1) is 20.2 Å². The fourth-order valence-corrected chi connectivity index (χ4v) is 2.74. The van der Waals surface area contributed by atoms with Crippen LogP contribution in [0.4, 0.5) is 11.4 Å². The second-order valence-corrected chi connectivity index (χ2v) is 6.02. The fourth-order valence-electron chi connectivity index (χ4n) is 2.74. The summed E-state index contributed by atoms with van der Waals surface area (Å²) in [6.07, 6.45) is 0. The SMILES string of the molecule is O=[N+]([O-])c1ccc(-n2nc(-c3ccccc3)n[n+]2-c2ccc([N+](=O)[O-])cc2)cc1. The average molecular weight is 389 g/mol. The van der Waals surface area contributed by atoms with Gasteiger partial charge in [0.25, 0.3) is 11.4 Å². The van der Waals surface area contributed by atoms with Gasteiger partial charge in [-0.1, -0.05) is 18.2 Å². The highest BCUT2D eigenvalue weighted by Gasteiger charge is 2.24. The van der Waals surface area contributed by atoms with Crippen molar-refractivity contribution in [2.45, 2.75) is 0 Å². The van der Waals surface area contributed by atoms with Crippen LogP contribution < -0.4 is 4.80 Å². The lowest BCUT2D eigenvalue weighted by atomic mass is 10.2. The third kappa shape index (κ3) is 3.54. The van der Waals surface area contributed by atoms with Gasteiger partial charge in [-0.15, -0.1) is 0 Å². The van der Waals surface area contributed by atoms with E-state index in [0.29, 0.717) is 17.2 Å². The summed E-state index contributed by atoms with van der Waals surface area (Å²) < 4.78 is 0. The van der Waals surface area contributed by atoms with E-state index in [1.165, 1.54) is 33.9 Å². The van der Waals surface area contributed by atoms with E-state index in [9.17, 15) is 20.2 Å². The Hall–Kier alpha value is -4.47. The standard InChI is InChI=1S/C19H13N6O4/c26-24(27)17-10-6-15(7-11-17)22-20-19(14-4-2-1-3-5-14)21-23(22)16-8-12-18(13-9-16)25(28)29/h1-13H/q+1. The molecule has 142 valence electrons. The number of hydrogen-bond acceptors (Lipinski definition) is 6. The molecular weight excluding hydrogens is 376 g/mol. The van der Waals surface area contributed by atoms with Crippen LogP contribution >= 0.6 is 0 Å². The molecule has 0 saturated carbocycles. The van der Waals surface area contributed by atoms with Crippen LogP contribution in [-0.4, -0.2) is 24.8 Å². The van der Waals surface area contributed by atoms with Crippen molar-refractivity contribution in [2.75, 3.05) is 0 Å². The zero-order chi connectivity index (χ0) is 20.4. The number of nitro benzene ring substituents is 2. The summed E-state index contributed by atoms with van der Waals surface area (Å²) in [6.45, 7) is 0. The van der Waals surface area contributed by atoms with Crippen LogP contribution in [0.15, 0.2) is 78.9 Å². The number of non-ortho nitro benzene ring substituents is 2. The Kier molecular flexibility index (Phi) is 4.49. The first-order chi connectivity index (χ1) is 14.0. The Morgan fingerprint density at radius 3 is 1.86 bits per heavy atom. The van der Waals surface area contributed by atoms with Gasteiger partial charge in [-0.05, 0) is 46.3 Å². The van der Waals surface area contributed by atoms with Gasteiger partial charge in [-0.25, -0.2) is 0 Å². The van der Waals surface area contributed by atoms with Gasteiger partial charge in [0.2, 0.25) is 0 Å². The maximum Gasteiger partial charge on any atom is 0.340 e. The van der Waals surface area contributed by atoms with E-state index in [0.717, 1.165) is 5.56 Å². The molecule has 0 aliphatic heterocycles. The Morgan fingerprint density at radius 1 is 0.759 bits per heavy atom. The van der Waals surface area contributed by atoms with Gasteiger partial charge >= 0.3 is 5.82 Å². The minimum Gasteiger partial charge on any atom is -0.258 e. The smallest absolute Gasteiger partial charge is 0.258 e. The largest absolute Gasteiger partial charge is 0.340 e. The number of nitrogens with zero attached hydrogens (tertiary/aromatic N) is 6. The maximum atomic E-state index is 10.9. The Labute approximate surface area is 163 Å². The summed E-state index contributed by atoms with van der Waals surface area (Å²) in [6, 6.07) is 21.0. The van der Waals surface area contributed by atoms with Gasteiger partial charge in [0, 0.05) is 29.1 Å². The van der Waals surface area contributed by atoms with E-state index in [1.54, 1.807) is 24.3 Å². The van der Waals surface area contributed by atoms with E-state index in [4.69, 9.17) is 0 Å². The summed E-state index contributed by atoms with van der Waals surface area (Å²) in [4.78, 5) is 23.8. The van der Waals surface area contributed by atoms with E-state index >= 15 is 0 Å². The molecule has 0 bridgehead atoms. The number of benzene rings is 3. The topological polar surface area (TPSA) is 121 Å². The lowest BCUT2D eigenvalue weighted by molar-refractivity contribution is -0.734. The molecule has 0 aliphatic rings. The van der Waals surface area contributed by atoms with Crippen LogP contribution in [0.2, 0.25) is 0 Å². The molecule has 0 aliphatic carbocycles. The Bertz CT molecular complexity index is 1110. The Morgan fingerprint density at radius 2 is 1.31 bits per heavy atom. The molecule has 0 N–H and O–H groups in total. The minimum atomic E-state index is -0.481. The van der Waals surface area contributed by atoms with Crippen LogP contribution in [-0.2, 0) is 0 Å². The molecule has 1 heterocycles. The summed E-state index contributed by atoms with van der Waals surface area (Å²) >= 11 is 0. The number of aromatic nitrogens is 4. The molecular formula is C19H13N6O4+. The van der Waals surface area contributed by atoms with Crippen molar-refractivity contribution >= 4 is 11.4 Å². The Balaban J connectivity index is 1.85. The summed E-state index contributed by atoms with van der Waals surface area (Å²) in [5, 5.41) is 30.9. The predicted octanol–water partition coefficient (Wildman–Crippen LogP) is 3.03. The zero-order valence-corrected chi connectivity index (χ0v) is 14.8. The van der Waals surface area contributed by atoms with Crippen molar-refractivity contribution in [3.05, 3.63) is 99.1 Å². The molecule has 0 spiro atoms. The average Bonchev–Trinajstić information content (AvgIpc) is 3.20. The van der Waals surface area contributed by atoms with Gasteiger partial charge in [0.15, 0.2) is 5.69 Å². The second kappa shape index (κ2) is 7.27. The maximum absolute atomic E-state index is 10.9. The van der Waals surface area contributed by atoms with Gasteiger partial charge in [0.1, 0.15) is 5.69 Å². The number of nitro groups is 2. The summed E-state index contributed by atoms with van der Waals surface area (Å²) in [7, 11) is 0. The molecule has 3 aromatic carbocycles. The highest BCUT2D eigenvalue weighted by Crippen LogP contribution is 2.18. The van der Waals surface area contributed by atoms with Crippen molar-refractivity contribution < 1.29 is 14.6 Å². The van der Waals surface area contributed by atoms with Crippen LogP contribution in [0.1, 0.15) is 0 Å². The van der Waals surface area contributed by atoms with E-state index < -0.39 is 9.85 Å². The van der Waals surface area contributed by atoms with Gasteiger partial charge in [-0.3, -0.25) is 20.2 Å². The van der Waals surface area contributed by atoms with Crippen LogP contribution in [0.3, 0.4) is 0 Å². The molecule has 1 aromatic heterocycles. The van der Waals surface area contributed by atoms with E-state index in [1.807, 2.05) is 30.3 Å². The third-order valence-corrected chi connectivity index (χ3v) is 4.17. The quantitative estimate of drug-likeness (QED) is 0.294. The molecule has 0 fully saturated rings. The lowest BCUT2D eigenvalue weighted by Crippen LogP contribution is -2.43.